The second-order valence-corrected chi connectivity index (χ2v) is 7.60. The van der Waals surface area contributed by atoms with Crippen LogP contribution in [0.15, 0.2) is 28.7 Å². The van der Waals surface area contributed by atoms with Crippen molar-refractivity contribution < 1.29 is 0 Å². The Morgan fingerprint density at radius 3 is 2.50 bits per heavy atom. The van der Waals surface area contributed by atoms with Crippen LogP contribution in [-0.4, -0.2) is 29.6 Å². The van der Waals surface area contributed by atoms with E-state index in [1.165, 1.54) is 24.9 Å². The molecular weight excluding hydrogens is 312 g/mol. The molecule has 2 rings (SSSR count). The summed E-state index contributed by atoms with van der Waals surface area (Å²) in [6, 6.07) is 9.28. The Kier molecular flexibility index (Phi) is 5.27. The van der Waals surface area contributed by atoms with E-state index < -0.39 is 0 Å². The first-order chi connectivity index (χ1) is 9.44. The van der Waals surface area contributed by atoms with E-state index in [2.05, 4.69) is 65.9 Å². The van der Waals surface area contributed by atoms with E-state index in [4.69, 9.17) is 5.73 Å². The average molecular weight is 339 g/mol. The second kappa shape index (κ2) is 6.59. The molecule has 2 nitrogen and oxygen atoms in total. The SMILES string of the molecule is CC1CCC(C)N(C(C)(CN)Cc2ccc(Br)cc2)C1. The van der Waals surface area contributed by atoms with Crippen molar-refractivity contribution >= 4 is 15.9 Å². The molecule has 1 heterocycles. The summed E-state index contributed by atoms with van der Waals surface area (Å²) in [6.07, 6.45) is 3.65. The zero-order chi connectivity index (χ0) is 14.8. The quantitative estimate of drug-likeness (QED) is 0.903. The van der Waals surface area contributed by atoms with Crippen molar-refractivity contribution in [3.05, 3.63) is 34.3 Å². The van der Waals surface area contributed by atoms with Gasteiger partial charge in [0.25, 0.3) is 0 Å². The maximum Gasteiger partial charge on any atom is 0.0346 e. The molecule has 1 fully saturated rings. The van der Waals surface area contributed by atoms with Crippen LogP contribution in [0.5, 0.6) is 0 Å². The molecule has 1 saturated heterocycles. The lowest BCUT2D eigenvalue weighted by Crippen LogP contribution is -2.59. The number of likely N-dealkylation sites (tertiary alicyclic amines) is 1. The molecule has 0 spiro atoms. The molecule has 1 aromatic rings. The molecule has 0 amide bonds. The summed E-state index contributed by atoms with van der Waals surface area (Å²) in [7, 11) is 0. The molecule has 2 N–H and O–H groups in total. The largest absolute Gasteiger partial charge is 0.329 e. The minimum absolute atomic E-state index is 0.0575. The molecule has 3 unspecified atom stereocenters. The molecule has 1 aromatic carbocycles. The first-order valence-electron chi connectivity index (χ1n) is 7.66. The summed E-state index contributed by atoms with van der Waals surface area (Å²) in [5.41, 5.74) is 7.60. The van der Waals surface area contributed by atoms with Crippen LogP contribution in [0.25, 0.3) is 0 Å². The Hall–Kier alpha value is -0.380. The van der Waals surface area contributed by atoms with Crippen LogP contribution in [0.3, 0.4) is 0 Å². The van der Waals surface area contributed by atoms with Crippen LogP contribution in [0.1, 0.15) is 39.2 Å². The van der Waals surface area contributed by atoms with Crippen LogP contribution in [-0.2, 0) is 6.42 Å². The Balaban J connectivity index is 2.16. The zero-order valence-corrected chi connectivity index (χ0v) is 14.5. The average Bonchev–Trinajstić information content (AvgIpc) is 2.44. The Morgan fingerprint density at radius 2 is 1.90 bits per heavy atom. The molecule has 1 aliphatic rings. The number of rotatable bonds is 4. The third-order valence-corrected chi connectivity index (χ3v) is 5.28. The molecule has 0 radical (unpaired) electrons. The van der Waals surface area contributed by atoms with Crippen LogP contribution < -0.4 is 5.73 Å². The first kappa shape index (κ1) is 16.0. The number of nitrogens with zero attached hydrogens (tertiary/aromatic N) is 1. The van der Waals surface area contributed by atoms with Crippen molar-refractivity contribution in [2.24, 2.45) is 11.7 Å². The summed E-state index contributed by atoms with van der Waals surface area (Å²) in [6.45, 7) is 8.91. The van der Waals surface area contributed by atoms with Gasteiger partial charge in [-0.05, 0) is 56.7 Å². The molecule has 3 heteroatoms. The van der Waals surface area contributed by atoms with Gasteiger partial charge in [0.15, 0.2) is 0 Å². The lowest BCUT2D eigenvalue weighted by Gasteiger charge is -2.48. The highest BCUT2D eigenvalue weighted by Crippen LogP contribution is 2.30. The fourth-order valence-electron chi connectivity index (χ4n) is 3.37. The van der Waals surface area contributed by atoms with Gasteiger partial charge in [-0.15, -0.1) is 0 Å². The van der Waals surface area contributed by atoms with Crippen LogP contribution in [0, 0.1) is 5.92 Å². The highest BCUT2D eigenvalue weighted by atomic mass is 79.9. The van der Waals surface area contributed by atoms with Crippen LogP contribution >= 0.6 is 15.9 Å². The number of piperidine rings is 1. The number of hydrogen-bond acceptors (Lipinski definition) is 2. The van der Waals surface area contributed by atoms with Crippen LogP contribution in [0.2, 0.25) is 0 Å². The smallest absolute Gasteiger partial charge is 0.0346 e. The maximum absolute atomic E-state index is 6.17. The Morgan fingerprint density at radius 1 is 1.25 bits per heavy atom. The molecule has 20 heavy (non-hydrogen) atoms. The van der Waals surface area contributed by atoms with E-state index in [9.17, 15) is 0 Å². The Bertz CT molecular complexity index is 431. The maximum atomic E-state index is 6.17. The van der Waals surface area contributed by atoms with Gasteiger partial charge in [0.1, 0.15) is 0 Å². The van der Waals surface area contributed by atoms with Crippen molar-refractivity contribution in [1.82, 2.24) is 4.90 Å². The minimum Gasteiger partial charge on any atom is -0.329 e. The molecule has 1 aliphatic heterocycles. The van der Waals surface area contributed by atoms with E-state index >= 15 is 0 Å². The monoisotopic (exact) mass is 338 g/mol. The minimum atomic E-state index is 0.0575. The predicted molar refractivity (Wildman–Crippen MR) is 89.9 cm³/mol. The highest BCUT2D eigenvalue weighted by molar-refractivity contribution is 9.10. The lowest BCUT2D eigenvalue weighted by atomic mass is 9.84. The standard InChI is InChI=1S/C17H27BrN2/c1-13-4-5-14(2)20(11-13)17(3,12-19)10-15-6-8-16(18)9-7-15/h6-9,13-14H,4-5,10-12,19H2,1-3H3. The van der Waals surface area contributed by atoms with Gasteiger partial charge in [0.05, 0.1) is 0 Å². The number of nitrogens with two attached hydrogens (primary N) is 1. The van der Waals surface area contributed by atoms with E-state index in [-0.39, 0.29) is 5.54 Å². The topological polar surface area (TPSA) is 29.3 Å². The third-order valence-electron chi connectivity index (χ3n) is 4.75. The van der Waals surface area contributed by atoms with Crippen molar-refractivity contribution in [3.8, 4) is 0 Å². The summed E-state index contributed by atoms with van der Waals surface area (Å²) in [5.74, 6) is 0.780. The van der Waals surface area contributed by atoms with Gasteiger partial charge in [0.2, 0.25) is 0 Å². The van der Waals surface area contributed by atoms with Gasteiger partial charge >= 0.3 is 0 Å². The normalized spacial score (nSPS) is 27.2. The van der Waals surface area contributed by atoms with Gasteiger partial charge in [-0.2, -0.15) is 0 Å². The van der Waals surface area contributed by atoms with E-state index in [1.807, 2.05) is 0 Å². The zero-order valence-electron chi connectivity index (χ0n) is 12.9. The number of benzene rings is 1. The summed E-state index contributed by atoms with van der Waals surface area (Å²) in [5, 5.41) is 0. The summed E-state index contributed by atoms with van der Waals surface area (Å²) >= 11 is 3.50. The summed E-state index contributed by atoms with van der Waals surface area (Å²) in [4.78, 5) is 2.64. The molecule has 0 aromatic heterocycles. The van der Waals surface area contributed by atoms with Gasteiger partial charge < -0.3 is 5.73 Å². The third kappa shape index (κ3) is 3.63. The fraction of sp³-hybridized carbons (Fsp3) is 0.647. The first-order valence-corrected chi connectivity index (χ1v) is 8.45. The van der Waals surface area contributed by atoms with Gasteiger partial charge in [-0.25, -0.2) is 0 Å². The fourth-order valence-corrected chi connectivity index (χ4v) is 3.64. The molecule has 0 aliphatic carbocycles. The van der Waals surface area contributed by atoms with Crippen molar-refractivity contribution in [2.75, 3.05) is 13.1 Å². The number of hydrogen-bond donors (Lipinski definition) is 1. The second-order valence-electron chi connectivity index (χ2n) is 6.69. The number of halogens is 1. The van der Waals surface area contributed by atoms with Gasteiger partial charge in [-0.3, -0.25) is 4.90 Å². The van der Waals surface area contributed by atoms with Gasteiger partial charge in [-0.1, -0.05) is 35.0 Å². The van der Waals surface area contributed by atoms with Gasteiger partial charge in [0, 0.05) is 29.1 Å². The van der Waals surface area contributed by atoms with Crippen molar-refractivity contribution in [1.29, 1.82) is 0 Å². The van der Waals surface area contributed by atoms with Crippen molar-refractivity contribution in [3.63, 3.8) is 0 Å². The lowest BCUT2D eigenvalue weighted by molar-refractivity contribution is 0.0210. The van der Waals surface area contributed by atoms with E-state index in [0.29, 0.717) is 12.6 Å². The molecular formula is C17H27BrN2. The highest BCUT2D eigenvalue weighted by Gasteiger charge is 2.36. The molecule has 0 bridgehead atoms. The van der Waals surface area contributed by atoms with Crippen molar-refractivity contribution in [2.45, 2.75) is 51.6 Å². The summed E-state index contributed by atoms with van der Waals surface area (Å²) < 4.78 is 1.13. The predicted octanol–water partition coefficient (Wildman–Crippen LogP) is 3.83. The van der Waals surface area contributed by atoms with E-state index in [1.54, 1.807) is 0 Å². The molecule has 112 valence electrons. The van der Waals surface area contributed by atoms with Crippen LogP contribution in [0.4, 0.5) is 0 Å². The molecule has 0 saturated carbocycles. The van der Waals surface area contributed by atoms with E-state index in [0.717, 1.165) is 16.8 Å². The Labute approximate surface area is 131 Å². The molecule has 3 atom stereocenters.